The normalized spacial score (nSPS) is 24.8. The highest BCUT2D eigenvalue weighted by Gasteiger charge is 2.44. The Morgan fingerprint density at radius 3 is 2.88 bits per heavy atom. The summed E-state index contributed by atoms with van der Waals surface area (Å²) >= 11 is 1.50. The highest BCUT2D eigenvalue weighted by atomic mass is 32.2. The highest BCUT2D eigenvalue weighted by Crippen LogP contribution is 2.36. The van der Waals surface area contributed by atoms with E-state index in [0.29, 0.717) is 5.75 Å². The van der Waals surface area contributed by atoms with Crippen molar-refractivity contribution in [1.29, 1.82) is 0 Å². The van der Waals surface area contributed by atoms with Crippen molar-refractivity contribution < 1.29 is 9.53 Å². The molecule has 4 aliphatic rings. The molecule has 0 aromatic heterocycles. The maximum Gasteiger partial charge on any atom is 0.237 e. The number of thioether (sulfide) groups is 1. The Labute approximate surface area is 203 Å². The van der Waals surface area contributed by atoms with Crippen LogP contribution in [-0.4, -0.2) is 52.6 Å². The molecule has 4 heterocycles. The maximum absolute atomic E-state index is 13.1. The van der Waals surface area contributed by atoms with E-state index in [1.54, 1.807) is 7.11 Å². The third-order valence-electron chi connectivity index (χ3n) is 6.96. The zero-order valence-electron chi connectivity index (χ0n) is 19.1. The van der Waals surface area contributed by atoms with E-state index >= 15 is 0 Å². The largest absolute Gasteiger partial charge is 0.497 e. The lowest BCUT2D eigenvalue weighted by molar-refractivity contribution is -0.116. The van der Waals surface area contributed by atoms with Crippen LogP contribution in [0.3, 0.4) is 0 Å². The maximum atomic E-state index is 13.1. The number of fused-ring (bicyclic) bond motifs is 4. The molecule has 6 rings (SSSR count). The van der Waals surface area contributed by atoms with Gasteiger partial charge < -0.3 is 19.5 Å². The van der Waals surface area contributed by atoms with Gasteiger partial charge in [0.2, 0.25) is 5.91 Å². The summed E-state index contributed by atoms with van der Waals surface area (Å²) in [5, 5.41) is 7.59. The van der Waals surface area contributed by atoms with Crippen molar-refractivity contribution in [2.24, 2.45) is 5.10 Å². The Bertz CT molecular complexity index is 1140. The monoisotopic (exact) mass is 476 g/mol. The fourth-order valence-electron chi connectivity index (χ4n) is 5.20. The fraction of sp³-hybridized carbons (Fsp3) is 0.360. The summed E-state index contributed by atoms with van der Waals surface area (Å²) in [7, 11) is 1.68. The summed E-state index contributed by atoms with van der Waals surface area (Å²) in [4.78, 5) is 17.2. The zero-order chi connectivity index (χ0) is 23.1. The van der Waals surface area contributed by atoms with Gasteiger partial charge in [-0.2, -0.15) is 5.10 Å². The van der Waals surface area contributed by atoms with Gasteiger partial charge in [0.25, 0.3) is 0 Å². The number of anilines is 1. The van der Waals surface area contributed by atoms with Gasteiger partial charge >= 0.3 is 0 Å². The molecule has 0 aliphatic carbocycles. The lowest BCUT2D eigenvalue weighted by Gasteiger charge is -2.36. The first-order valence-corrected chi connectivity index (χ1v) is 12.7. The van der Waals surface area contributed by atoms with Crippen LogP contribution in [0.1, 0.15) is 30.0 Å². The molecule has 34 heavy (non-hydrogen) atoms. The molecule has 1 amide bonds. The Kier molecular flexibility index (Phi) is 5.58. The first-order chi connectivity index (χ1) is 16.7. The second-order valence-electron chi connectivity index (χ2n) is 8.91. The summed E-state index contributed by atoms with van der Waals surface area (Å²) < 4.78 is 5.29. The SMILES string of the molecule is COc1ccc(C2CC3C4NN=C(SCC(=O)N5CCCc6ccccc65)N4C=CN3N2)cc1. The zero-order valence-corrected chi connectivity index (χ0v) is 19.9. The highest BCUT2D eigenvalue weighted by molar-refractivity contribution is 8.14. The van der Waals surface area contributed by atoms with Crippen molar-refractivity contribution >= 4 is 28.5 Å². The smallest absolute Gasteiger partial charge is 0.237 e. The predicted octanol–water partition coefficient (Wildman–Crippen LogP) is 3.01. The standard InChI is InChI=1S/C25H28N6O2S/c1-33-19-10-8-17(9-11-19)20-15-22-24-26-27-25(30(24)13-14-31(22)28-20)34-16-23(32)29-12-4-6-18-5-2-3-7-21(18)29/h2-3,5,7-11,13-14,20,22,24,26,28H,4,6,12,15-16H2,1H3. The van der Waals surface area contributed by atoms with Gasteiger partial charge in [-0.3, -0.25) is 10.2 Å². The van der Waals surface area contributed by atoms with E-state index in [2.05, 4.69) is 56.3 Å². The number of hydrazine groups is 1. The molecule has 4 aliphatic heterocycles. The van der Waals surface area contributed by atoms with Crippen molar-refractivity contribution in [3.63, 3.8) is 0 Å². The lowest BCUT2D eigenvalue weighted by Crippen LogP contribution is -2.54. The number of aryl methyl sites for hydroxylation is 1. The van der Waals surface area contributed by atoms with Gasteiger partial charge in [0, 0.05) is 24.6 Å². The molecule has 0 radical (unpaired) electrons. The average molecular weight is 477 g/mol. The second kappa shape index (κ2) is 8.88. The fourth-order valence-corrected chi connectivity index (χ4v) is 6.05. The summed E-state index contributed by atoms with van der Waals surface area (Å²) in [5.74, 6) is 1.36. The van der Waals surface area contributed by atoms with Crippen molar-refractivity contribution in [3.8, 4) is 5.75 Å². The number of ether oxygens (including phenoxy) is 1. The molecular weight excluding hydrogens is 448 g/mol. The number of amidine groups is 1. The molecule has 0 bridgehead atoms. The van der Waals surface area contributed by atoms with Crippen LogP contribution < -0.4 is 20.5 Å². The van der Waals surface area contributed by atoms with Gasteiger partial charge in [0.05, 0.1) is 24.9 Å². The molecule has 3 unspecified atom stereocenters. The molecule has 8 nitrogen and oxygen atoms in total. The number of hydrogen-bond acceptors (Lipinski definition) is 8. The molecule has 2 aromatic carbocycles. The van der Waals surface area contributed by atoms with Gasteiger partial charge in [-0.15, -0.1) is 0 Å². The minimum atomic E-state index is 0.0362. The van der Waals surface area contributed by atoms with E-state index < -0.39 is 0 Å². The number of carbonyl (C=O) groups is 1. The first kappa shape index (κ1) is 21.4. The van der Waals surface area contributed by atoms with E-state index in [0.717, 1.165) is 42.4 Å². The van der Waals surface area contributed by atoms with Gasteiger partial charge in [-0.05, 0) is 48.6 Å². The van der Waals surface area contributed by atoms with Gasteiger partial charge in [-0.25, -0.2) is 5.43 Å². The van der Waals surface area contributed by atoms with Gasteiger partial charge in [0.1, 0.15) is 11.9 Å². The molecular formula is C25H28N6O2S. The minimum absolute atomic E-state index is 0.0362. The van der Waals surface area contributed by atoms with Crippen LogP contribution in [0.15, 0.2) is 66.0 Å². The van der Waals surface area contributed by atoms with Crippen LogP contribution in [-0.2, 0) is 11.2 Å². The van der Waals surface area contributed by atoms with Gasteiger partial charge in [0.15, 0.2) is 5.17 Å². The third kappa shape index (κ3) is 3.78. The number of nitrogens with zero attached hydrogens (tertiary/aromatic N) is 4. The van der Waals surface area contributed by atoms with Crippen molar-refractivity contribution in [2.45, 2.75) is 37.5 Å². The van der Waals surface area contributed by atoms with Crippen LogP contribution in [0.5, 0.6) is 5.75 Å². The summed E-state index contributed by atoms with van der Waals surface area (Å²) in [6, 6.07) is 16.9. The van der Waals surface area contributed by atoms with Crippen LogP contribution in [0.25, 0.3) is 0 Å². The quantitative estimate of drug-likeness (QED) is 0.703. The van der Waals surface area contributed by atoms with E-state index in [1.165, 1.54) is 22.9 Å². The van der Waals surface area contributed by atoms with Crippen LogP contribution in [0.2, 0.25) is 0 Å². The van der Waals surface area contributed by atoms with E-state index in [9.17, 15) is 4.79 Å². The van der Waals surface area contributed by atoms with Crippen LogP contribution >= 0.6 is 11.8 Å². The molecule has 176 valence electrons. The number of rotatable bonds is 4. The molecule has 2 N–H and O–H groups in total. The number of para-hydroxylation sites is 1. The number of carbonyl (C=O) groups excluding carboxylic acids is 1. The summed E-state index contributed by atoms with van der Waals surface area (Å²) in [6.07, 6.45) is 7.13. The van der Waals surface area contributed by atoms with Gasteiger partial charge in [-0.1, -0.05) is 42.1 Å². The van der Waals surface area contributed by atoms with E-state index in [-0.39, 0.29) is 24.2 Å². The Morgan fingerprint density at radius 1 is 1.18 bits per heavy atom. The number of methoxy groups -OCH3 is 1. The number of benzene rings is 2. The number of nitrogens with one attached hydrogen (secondary N) is 2. The number of hydrogen-bond donors (Lipinski definition) is 2. The average Bonchev–Trinajstić information content (AvgIpc) is 3.51. The third-order valence-corrected chi connectivity index (χ3v) is 7.91. The predicted molar refractivity (Wildman–Crippen MR) is 134 cm³/mol. The Morgan fingerprint density at radius 2 is 2.03 bits per heavy atom. The van der Waals surface area contributed by atoms with Crippen molar-refractivity contribution in [2.75, 3.05) is 24.3 Å². The van der Waals surface area contributed by atoms with E-state index in [1.807, 2.05) is 35.4 Å². The summed E-state index contributed by atoms with van der Waals surface area (Å²) in [6.45, 7) is 0.781. The van der Waals surface area contributed by atoms with E-state index in [4.69, 9.17) is 4.74 Å². The summed E-state index contributed by atoms with van der Waals surface area (Å²) in [5.41, 5.74) is 10.4. The first-order valence-electron chi connectivity index (χ1n) is 11.7. The molecule has 0 spiro atoms. The lowest BCUT2D eigenvalue weighted by atomic mass is 10.00. The van der Waals surface area contributed by atoms with Crippen molar-refractivity contribution in [1.82, 2.24) is 20.8 Å². The Balaban J connectivity index is 1.09. The molecule has 0 saturated carbocycles. The number of hydrazone groups is 1. The molecule has 3 atom stereocenters. The van der Waals surface area contributed by atoms with Crippen LogP contribution in [0, 0.1) is 0 Å². The minimum Gasteiger partial charge on any atom is -0.497 e. The topological polar surface area (TPSA) is 72.4 Å². The second-order valence-corrected chi connectivity index (χ2v) is 9.85. The van der Waals surface area contributed by atoms with Crippen molar-refractivity contribution in [3.05, 3.63) is 72.1 Å². The molecule has 1 saturated heterocycles. The molecule has 1 fully saturated rings. The molecule has 2 aromatic rings. The molecule has 9 heteroatoms. The van der Waals surface area contributed by atoms with Crippen LogP contribution in [0.4, 0.5) is 5.69 Å². The number of amides is 1. The Hall–Kier alpha value is -3.17.